The number of rotatable bonds is 4. The fourth-order valence-electron chi connectivity index (χ4n) is 1.91. The first kappa shape index (κ1) is 13.1. The number of benzene rings is 2. The summed E-state index contributed by atoms with van der Waals surface area (Å²) in [5, 5.41) is 0. The van der Waals surface area contributed by atoms with Crippen LogP contribution in [0.4, 0.5) is 5.69 Å². The largest absolute Gasteiger partial charge is 0.494 e. The van der Waals surface area contributed by atoms with E-state index in [4.69, 9.17) is 10.5 Å². The van der Waals surface area contributed by atoms with Gasteiger partial charge in [0.1, 0.15) is 5.75 Å². The van der Waals surface area contributed by atoms with Crippen LogP contribution in [0.2, 0.25) is 0 Å². The van der Waals surface area contributed by atoms with Gasteiger partial charge < -0.3 is 10.5 Å². The zero-order chi connectivity index (χ0) is 13.8. The summed E-state index contributed by atoms with van der Waals surface area (Å²) >= 11 is 0. The number of carbonyl (C=O) groups excluding carboxylic acids is 1. The zero-order valence-electron chi connectivity index (χ0n) is 11.1. The molecule has 0 aliphatic carbocycles. The quantitative estimate of drug-likeness (QED) is 0.674. The van der Waals surface area contributed by atoms with Gasteiger partial charge in [-0.2, -0.15) is 0 Å². The summed E-state index contributed by atoms with van der Waals surface area (Å²) in [5.41, 5.74) is 8.54. The number of ether oxygens (including phenoxy) is 1. The van der Waals surface area contributed by atoms with Crippen LogP contribution >= 0.6 is 0 Å². The molecule has 0 amide bonds. The normalized spacial score (nSPS) is 10.2. The van der Waals surface area contributed by atoms with Crippen molar-refractivity contribution in [2.75, 3.05) is 12.3 Å². The van der Waals surface area contributed by atoms with E-state index in [1.54, 1.807) is 36.4 Å². The number of carbonyl (C=O) groups is 1. The summed E-state index contributed by atoms with van der Waals surface area (Å²) in [7, 11) is 0. The third kappa shape index (κ3) is 2.94. The number of aryl methyl sites for hydroxylation is 1. The molecule has 2 N–H and O–H groups in total. The van der Waals surface area contributed by atoms with Crippen molar-refractivity contribution in [1.29, 1.82) is 0 Å². The van der Waals surface area contributed by atoms with E-state index in [0.29, 0.717) is 23.4 Å². The highest BCUT2D eigenvalue weighted by molar-refractivity contribution is 6.10. The van der Waals surface area contributed by atoms with Crippen molar-refractivity contribution in [2.45, 2.75) is 13.8 Å². The van der Waals surface area contributed by atoms with Gasteiger partial charge in [0.2, 0.25) is 0 Å². The molecule has 2 aromatic rings. The van der Waals surface area contributed by atoms with Crippen molar-refractivity contribution in [2.24, 2.45) is 0 Å². The number of nitrogen functional groups attached to an aromatic ring is 1. The second-order valence-electron chi connectivity index (χ2n) is 4.36. The molecule has 19 heavy (non-hydrogen) atoms. The topological polar surface area (TPSA) is 52.3 Å². The van der Waals surface area contributed by atoms with Gasteiger partial charge in [0, 0.05) is 16.8 Å². The Balaban J connectivity index is 2.30. The Labute approximate surface area is 113 Å². The minimum Gasteiger partial charge on any atom is -0.494 e. The molecule has 0 bridgehead atoms. The van der Waals surface area contributed by atoms with Crippen molar-refractivity contribution in [3.63, 3.8) is 0 Å². The molecule has 0 atom stereocenters. The van der Waals surface area contributed by atoms with Gasteiger partial charge in [0.05, 0.1) is 6.61 Å². The molecule has 3 nitrogen and oxygen atoms in total. The van der Waals surface area contributed by atoms with Crippen LogP contribution in [0.15, 0.2) is 42.5 Å². The highest BCUT2D eigenvalue weighted by atomic mass is 16.5. The Morgan fingerprint density at radius 1 is 1.16 bits per heavy atom. The number of ketones is 1. The Hall–Kier alpha value is -2.29. The lowest BCUT2D eigenvalue weighted by atomic mass is 9.98. The monoisotopic (exact) mass is 255 g/mol. The molecular formula is C16H17NO2. The predicted molar refractivity (Wildman–Crippen MR) is 76.6 cm³/mol. The van der Waals surface area contributed by atoms with Crippen LogP contribution < -0.4 is 10.5 Å². The fraction of sp³-hybridized carbons (Fsp3) is 0.188. The summed E-state index contributed by atoms with van der Waals surface area (Å²) in [6, 6.07) is 12.5. The van der Waals surface area contributed by atoms with E-state index < -0.39 is 0 Å². The number of hydrogen-bond donors (Lipinski definition) is 1. The first-order valence-corrected chi connectivity index (χ1v) is 6.25. The molecule has 0 saturated heterocycles. The Morgan fingerprint density at radius 2 is 1.84 bits per heavy atom. The van der Waals surface area contributed by atoms with Gasteiger partial charge in [-0.3, -0.25) is 4.79 Å². The van der Waals surface area contributed by atoms with E-state index in [2.05, 4.69) is 0 Å². The maximum atomic E-state index is 12.4. The molecule has 0 saturated carbocycles. The predicted octanol–water partition coefficient (Wildman–Crippen LogP) is 3.21. The molecule has 2 aromatic carbocycles. The van der Waals surface area contributed by atoms with E-state index in [9.17, 15) is 4.79 Å². The minimum atomic E-state index is -0.0205. The van der Waals surface area contributed by atoms with E-state index in [-0.39, 0.29) is 5.78 Å². The summed E-state index contributed by atoms with van der Waals surface area (Å²) < 4.78 is 5.36. The third-order valence-electron chi connectivity index (χ3n) is 2.93. The van der Waals surface area contributed by atoms with Crippen LogP contribution in [0.3, 0.4) is 0 Å². The van der Waals surface area contributed by atoms with Crippen molar-refractivity contribution in [3.8, 4) is 5.75 Å². The maximum absolute atomic E-state index is 12.4. The molecule has 0 aliphatic heterocycles. The van der Waals surface area contributed by atoms with Gasteiger partial charge in [0.25, 0.3) is 0 Å². The number of nitrogens with two attached hydrogens (primary N) is 1. The van der Waals surface area contributed by atoms with Crippen LogP contribution in [-0.2, 0) is 0 Å². The van der Waals surface area contributed by atoms with Gasteiger partial charge in [-0.05, 0) is 55.8 Å². The highest BCUT2D eigenvalue weighted by Gasteiger charge is 2.12. The summed E-state index contributed by atoms with van der Waals surface area (Å²) in [6.07, 6.45) is 0. The average Bonchev–Trinajstić information content (AvgIpc) is 2.42. The fourth-order valence-corrected chi connectivity index (χ4v) is 1.91. The second kappa shape index (κ2) is 5.57. The van der Waals surface area contributed by atoms with Crippen LogP contribution in [0.25, 0.3) is 0 Å². The molecule has 98 valence electrons. The molecule has 0 unspecified atom stereocenters. The van der Waals surface area contributed by atoms with Crippen molar-refractivity contribution in [3.05, 3.63) is 59.2 Å². The smallest absolute Gasteiger partial charge is 0.193 e. The van der Waals surface area contributed by atoms with Crippen LogP contribution in [0, 0.1) is 6.92 Å². The van der Waals surface area contributed by atoms with Gasteiger partial charge in [-0.25, -0.2) is 0 Å². The lowest BCUT2D eigenvalue weighted by Gasteiger charge is -2.07. The van der Waals surface area contributed by atoms with Crippen LogP contribution in [0.1, 0.15) is 28.4 Å². The number of anilines is 1. The molecule has 0 fully saturated rings. The molecule has 2 rings (SSSR count). The van der Waals surface area contributed by atoms with Crippen LogP contribution in [-0.4, -0.2) is 12.4 Å². The third-order valence-corrected chi connectivity index (χ3v) is 2.93. The molecule has 3 heteroatoms. The summed E-state index contributed by atoms with van der Waals surface area (Å²) in [6.45, 7) is 4.44. The van der Waals surface area contributed by atoms with E-state index >= 15 is 0 Å². The van der Waals surface area contributed by atoms with E-state index in [0.717, 1.165) is 11.3 Å². The molecule has 0 heterocycles. The SMILES string of the molecule is CCOc1ccc(C(=O)c2cc(N)ccc2C)cc1. The van der Waals surface area contributed by atoms with Crippen molar-refractivity contribution in [1.82, 2.24) is 0 Å². The average molecular weight is 255 g/mol. The van der Waals surface area contributed by atoms with E-state index in [1.807, 2.05) is 19.9 Å². The molecule has 0 spiro atoms. The lowest BCUT2D eigenvalue weighted by molar-refractivity contribution is 0.103. The molecular weight excluding hydrogens is 238 g/mol. The first-order valence-electron chi connectivity index (χ1n) is 6.25. The maximum Gasteiger partial charge on any atom is 0.193 e. The summed E-state index contributed by atoms with van der Waals surface area (Å²) in [5.74, 6) is 0.746. The van der Waals surface area contributed by atoms with Crippen molar-refractivity contribution < 1.29 is 9.53 Å². The molecule has 0 aliphatic rings. The van der Waals surface area contributed by atoms with Gasteiger partial charge in [-0.1, -0.05) is 6.07 Å². The van der Waals surface area contributed by atoms with Crippen molar-refractivity contribution >= 4 is 11.5 Å². The second-order valence-corrected chi connectivity index (χ2v) is 4.36. The standard InChI is InChI=1S/C16H17NO2/c1-3-19-14-8-5-12(6-9-14)16(18)15-10-13(17)7-4-11(15)2/h4-10H,3,17H2,1-2H3. The van der Waals surface area contributed by atoms with Gasteiger partial charge in [0.15, 0.2) is 5.78 Å². The number of hydrogen-bond acceptors (Lipinski definition) is 3. The molecule has 0 radical (unpaired) electrons. The van der Waals surface area contributed by atoms with Gasteiger partial charge in [-0.15, -0.1) is 0 Å². The Kier molecular flexibility index (Phi) is 3.85. The van der Waals surface area contributed by atoms with E-state index in [1.165, 1.54) is 0 Å². The first-order chi connectivity index (χ1) is 9.11. The Bertz CT molecular complexity index is 588. The zero-order valence-corrected chi connectivity index (χ0v) is 11.1. The van der Waals surface area contributed by atoms with Gasteiger partial charge >= 0.3 is 0 Å². The molecule has 0 aromatic heterocycles. The Morgan fingerprint density at radius 3 is 2.47 bits per heavy atom. The highest BCUT2D eigenvalue weighted by Crippen LogP contribution is 2.19. The summed E-state index contributed by atoms with van der Waals surface area (Å²) in [4.78, 5) is 12.4. The lowest BCUT2D eigenvalue weighted by Crippen LogP contribution is -2.04. The van der Waals surface area contributed by atoms with Crippen LogP contribution in [0.5, 0.6) is 5.75 Å². The minimum absolute atomic E-state index is 0.0205.